The number of anilines is 2. The molecule has 52 heavy (non-hydrogen) atoms. The molecule has 0 aliphatic carbocycles. The number of amides is 1. The predicted octanol–water partition coefficient (Wildman–Crippen LogP) is 7.99. The van der Waals surface area contributed by atoms with Crippen molar-refractivity contribution in [3.05, 3.63) is 113 Å². The number of benzene rings is 2. The standard InChI is InChI=1S/C18H19N5OS.C9H10N4S.C7H9N.C2H2Cl2O/c1-3-23-17(14-5-4-10-19-11-14)21-22-18(23)25-12-16(24)20-15-8-6-13(2)7-9-15;1-2-13-8(11-12-9(13)14)7-4-3-5-10-6-7;1-6-2-4-7(8)5-3-6;3-1-2(4)5/h4-11H,3,12H2,1-2H3,(H,20,24);3-6H,2H2,1H3,(H,12,14);2-5H,8H2,1H3;1H2. The van der Waals surface area contributed by atoms with Crippen LogP contribution in [0.3, 0.4) is 0 Å². The average Bonchev–Trinajstić information content (AvgIpc) is 3.77. The van der Waals surface area contributed by atoms with Crippen LogP contribution in [0.5, 0.6) is 0 Å². The first kappa shape index (κ1) is 41.5. The van der Waals surface area contributed by atoms with Crippen LogP contribution in [0.2, 0.25) is 0 Å². The lowest BCUT2D eigenvalue weighted by molar-refractivity contribution is -0.114. The molecule has 4 aromatic heterocycles. The van der Waals surface area contributed by atoms with Gasteiger partial charge < -0.3 is 20.2 Å². The fourth-order valence-electron chi connectivity index (χ4n) is 4.25. The van der Waals surface area contributed by atoms with Crippen molar-refractivity contribution >= 4 is 69.7 Å². The lowest BCUT2D eigenvalue weighted by Gasteiger charge is -2.08. The lowest BCUT2D eigenvalue weighted by atomic mass is 10.2. The van der Waals surface area contributed by atoms with Crippen LogP contribution in [0, 0.1) is 18.6 Å². The zero-order valence-corrected chi connectivity index (χ0v) is 32.3. The van der Waals surface area contributed by atoms with E-state index in [9.17, 15) is 9.59 Å². The van der Waals surface area contributed by atoms with E-state index in [2.05, 4.69) is 35.7 Å². The average molecular weight is 780 g/mol. The minimum Gasteiger partial charge on any atom is -0.399 e. The Hall–Kier alpha value is -4.89. The van der Waals surface area contributed by atoms with Gasteiger partial charge in [0.05, 0.1) is 11.6 Å². The number of thioether (sulfide) groups is 1. The Morgan fingerprint density at radius 1 is 0.846 bits per heavy atom. The summed E-state index contributed by atoms with van der Waals surface area (Å²) in [6.07, 6.45) is 6.99. The molecular weight excluding hydrogens is 740 g/mol. The van der Waals surface area contributed by atoms with Crippen molar-refractivity contribution in [2.75, 3.05) is 22.7 Å². The maximum atomic E-state index is 12.1. The highest BCUT2D eigenvalue weighted by atomic mass is 35.5. The van der Waals surface area contributed by atoms with Gasteiger partial charge in [0.1, 0.15) is 0 Å². The maximum Gasteiger partial charge on any atom is 0.236 e. The predicted molar refractivity (Wildman–Crippen MR) is 213 cm³/mol. The van der Waals surface area contributed by atoms with Gasteiger partial charge in [-0.05, 0) is 100 Å². The molecule has 4 heterocycles. The first-order valence-electron chi connectivity index (χ1n) is 16.0. The minimum absolute atomic E-state index is 0.0672. The Bertz CT molecular complexity index is 2000. The largest absolute Gasteiger partial charge is 0.399 e. The summed E-state index contributed by atoms with van der Waals surface area (Å²) in [7, 11) is 0. The number of carbonyl (C=O) groups excluding carboxylic acids is 2. The van der Waals surface area contributed by atoms with E-state index < -0.39 is 5.24 Å². The van der Waals surface area contributed by atoms with E-state index in [1.54, 1.807) is 24.8 Å². The minimum atomic E-state index is -0.508. The number of hydrogen-bond acceptors (Lipinski definition) is 10. The number of aromatic nitrogens is 8. The van der Waals surface area contributed by atoms with Crippen molar-refractivity contribution in [3.8, 4) is 22.8 Å². The third-order valence-electron chi connectivity index (χ3n) is 6.80. The van der Waals surface area contributed by atoms with Crippen LogP contribution in [0.15, 0.2) is 103 Å². The number of pyridine rings is 2. The number of halogens is 2. The third-order valence-corrected chi connectivity index (χ3v) is 8.59. The molecule has 0 fully saturated rings. The van der Waals surface area contributed by atoms with Crippen LogP contribution in [0.4, 0.5) is 11.4 Å². The Kier molecular flexibility index (Phi) is 17.7. The molecule has 0 radical (unpaired) electrons. The van der Waals surface area contributed by atoms with Crippen molar-refractivity contribution in [2.24, 2.45) is 0 Å². The van der Waals surface area contributed by atoms with Crippen LogP contribution in [0.25, 0.3) is 22.8 Å². The summed E-state index contributed by atoms with van der Waals surface area (Å²) in [6, 6.07) is 23.2. The molecule has 6 aromatic rings. The van der Waals surface area contributed by atoms with E-state index >= 15 is 0 Å². The van der Waals surface area contributed by atoms with E-state index in [0.717, 1.165) is 58.0 Å². The summed E-state index contributed by atoms with van der Waals surface area (Å²) < 4.78 is 4.57. The van der Waals surface area contributed by atoms with Crippen molar-refractivity contribution in [1.82, 2.24) is 39.5 Å². The zero-order valence-electron chi connectivity index (χ0n) is 29.2. The Morgan fingerprint density at radius 2 is 1.38 bits per heavy atom. The molecule has 0 saturated carbocycles. The summed E-state index contributed by atoms with van der Waals surface area (Å²) in [6.45, 7) is 9.64. The van der Waals surface area contributed by atoms with E-state index in [1.807, 2.05) is 110 Å². The lowest BCUT2D eigenvalue weighted by Crippen LogP contribution is -2.14. The van der Waals surface area contributed by atoms with Crippen molar-refractivity contribution in [3.63, 3.8) is 0 Å². The SMILES string of the molecule is CCn1c(-c2cccnc2)n[nH]c1=S.CCn1c(SCC(=O)Nc2ccc(C)cc2)nnc1-c1cccnc1.Cc1ccc(N)cc1.O=C(Cl)CCl. The molecule has 0 bridgehead atoms. The van der Waals surface area contributed by atoms with Gasteiger partial charge in [-0.15, -0.1) is 21.8 Å². The van der Waals surface area contributed by atoms with E-state index in [4.69, 9.17) is 41.2 Å². The van der Waals surface area contributed by atoms with Gasteiger partial charge in [-0.2, -0.15) is 5.10 Å². The van der Waals surface area contributed by atoms with Crippen molar-refractivity contribution in [2.45, 2.75) is 45.9 Å². The number of alkyl halides is 1. The number of aromatic amines is 1. The van der Waals surface area contributed by atoms with Gasteiger partial charge in [0.15, 0.2) is 21.6 Å². The van der Waals surface area contributed by atoms with Crippen LogP contribution >= 0.6 is 47.2 Å². The number of rotatable bonds is 9. The number of nitrogen functional groups attached to an aromatic ring is 1. The van der Waals surface area contributed by atoms with Gasteiger partial charge in [0.2, 0.25) is 11.1 Å². The summed E-state index contributed by atoms with van der Waals surface area (Å²) in [5.74, 6) is 1.71. The smallest absolute Gasteiger partial charge is 0.236 e. The van der Waals surface area contributed by atoms with Crippen molar-refractivity contribution < 1.29 is 9.59 Å². The van der Waals surface area contributed by atoms with Gasteiger partial charge in [-0.3, -0.25) is 24.7 Å². The molecule has 12 nitrogen and oxygen atoms in total. The van der Waals surface area contributed by atoms with Gasteiger partial charge in [0.25, 0.3) is 0 Å². The van der Waals surface area contributed by atoms with Gasteiger partial charge in [-0.25, -0.2) is 0 Å². The molecule has 1 amide bonds. The summed E-state index contributed by atoms with van der Waals surface area (Å²) in [5, 5.41) is 18.5. The normalized spacial score (nSPS) is 10.0. The number of nitrogens with zero attached hydrogens (tertiary/aromatic N) is 7. The second kappa shape index (κ2) is 22.1. The van der Waals surface area contributed by atoms with E-state index in [1.165, 1.54) is 17.3 Å². The number of hydrogen-bond donors (Lipinski definition) is 3. The molecule has 0 aliphatic heterocycles. The number of carbonyl (C=O) groups is 2. The van der Waals surface area contributed by atoms with Crippen LogP contribution in [0.1, 0.15) is 25.0 Å². The molecule has 272 valence electrons. The van der Waals surface area contributed by atoms with Gasteiger partial charge in [-0.1, -0.05) is 47.2 Å². The molecule has 16 heteroatoms. The van der Waals surface area contributed by atoms with Crippen LogP contribution in [-0.4, -0.2) is 62.3 Å². The summed E-state index contributed by atoms with van der Waals surface area (Å²) in [5.41, 5.74) is 11.3. The molecule has 0 atom stereocenters. The molecule has 6 rings (SSSR count). The Labute approximate surface area is 322 Å². The number of nitrogens with two attached hydrogens (primary N) is 1. The van der Waals surface area contributed by atoms with Crippen molar-refractivity contribution in [1.29, 1.82) is 0 Å². The number of H-pyrrole nitrogens is 1. The molecule has 0 saturated heterocycles. The zero-order chi connectivity index (χ0) is 37.9. The second-order valence-electron chi connectivity index (χ2n) is 10.7. The fraction of sp³-hybridized carbons (Fsp3) is 0.222. The van der Waals surface area contributed by atoms with Crippen LogP contribution < -0.4 is 11.1 Å². The summed E-state index contributed by atoms with van der Waals surface area (Å²) >= 11 is 16.0. The van der Waals surface area contributed by atoms with Gasteiger partial charge in [0, 0.05) is 60.4 Å². The van der Waals surface area contributed by atoms with Crippen LogP contribution in [-0.2, 0) is 22.7 Å². The maximum absolute atomic E-state index is 12.1. The Balaban J connectivity index is 0.000000224. The number of nitrogens with one attached hydrogen (secondary N) is 2. The molecule has 0 aliphatic rings. The monoisotopic (exact) mass is 778 g/mol. The summed E-state index contributed by atoms with van der Waals surface area (Å²) in [4.78, 5) is 29.8. The third kappa shape index (κ3) is 13.7. The first-order valence-corrected chi connectivity index (χ1v) is 18.3. The molecule has 0 spiro atoms. The molecule has 0 unspecified atom stereocenters. The highest BCUT2D eigenvalue weighted by Gasteiger charge is 2.15. The molecular formula is C36H40Cl2N10O2S2. The highest BCUT2D eigenvalue weighted by Crippen LogP contribution is 2.23. The fourth-order valence-corrected chi connectivity index (χ4v) is 5.31. The molecule has 2 aromatic carbocycles. The van der Waals surface area contributed by atoms with E-state index in [0.29, 0.717) is 4.77 Å². The first-order chi connectivity index (χ1) is 25.1. The van der Waals surface area contributed by atoms with Gasteiger partial charge >= 0.3 is 0 Å². The molecule has 4 N–H and O–H groups in total. The quantitative estimate of drug-likeness (QED) is 0.0431. The Morgan fingerprint density at radius 3 is 1.87 bits per heavy atom. The second-order valence-corrected chi connectivity index (χ2v) is 12.8. The highest BCUT2D eigenvalue weighted by molar-refractivity contribution is 7.99. The number of aryl methyl sites for hydroxylation is 2. The topological polar surface area (TPSA) is 162 Å². The van der Waals surface area contributed by atoms with E-state index in [-0.39, 0.29) is 17.5 Å².